The number of nitrogens with one attached hydrogen (secondary N) is 1. The molecular weight excluding hydrogens is 212 g/mol. The third-order valence-corrected chi connectivity index (χ3v) is 3.47. The van der Waals surface area contributed by atoms with Crippen LogP contribution in [-0.2, 0) is 5.54 Å². The Balaban J connectivity index is 2.25. The van der Waals surface area contributed by atoms with Gasteiger partial charge in [0.25, 0.3) is 0 Å². The van der Waals surface area contributed by atoms with E-state index in [4.69, 9.17) is 4.74 Å². The molecule has 1 fully saturated rings. The van der Waals surface area contributed by atoms with Crippen LogP contribution in [0.1, 0.15) is 18.4 Å². The van der Waals surface area contributed by atoms with Gasteiger partial charge in [0.05, 0.1) is 12.6 Å². The molecule has 0 aromatic heterocycles. The fraction of sp³-hybridized carbons (Fsp3) is 0.571. The molecule has 0 aliphatic carbocycles. The molecule has 17 heavy (non-hydrogen) atoms. The molecular formula is C14H22N2O. The van der Waals surface area contributed by atoms with E-state index in [1.54, 1.807) is 7.11 Å². The molecule has 1 unspecified atom stereocenters. The minimum atomic E-state index is 0.121. The lowest BCUT2D eigenvalue weighted by molar-refractivity contribution is 0.260. The summed E-state index contributed by atoms with van der Waals surface area (Å²) in [6, 6.07) is 8.46. The van der Waals surface area contributed by atoms with E-state index in [1.807, 2.05) is 12.1 Å². The summed E-state index contributed by atoms with van der Waals surface area (Å²) in [4.78, 5) is 2.25. The third kappa shape index (κ3) is 2.61. The summed E-state index contributed by atoms with van der Waals surface area (Å²) in [5.74, 6) is 0.923. The number of ether oxygens (including phenoxy) is 1. The summed E-state index contributed by atoms with van der Waals surface area (Å²) >= 11 is 0. The normalized spacial score (nSPS) is 24.2. The summed E-state index contributed by atoms with van der Waals surface area (Å²) in [6.45, 7) is 2.15. The van der Waals surface area contributed by atoms with Gasteiger partial charge < -0.3 is 15.0 Å². The first kappa shape index (κ1) is 12.4. The highest BCUT2D eigenvalue weighted by atomic mass is 16.5. The van der Waals surface area contributed by atoms with Gasteiger partial charge in [-0.15, -0.1) is 0 Å². The first-order valence-electron chi connectivity index (χ1n) is 6.21. The second kappa shape index (κ2) is 5.07. The molecule has 1 aromatic carbocycles. The van der Waals surface area contributed by atoms with Crippen molar-refractivity contribution >= 4 is 0 Å². The van der Waals surface area contributed by atoms with Crippen LogP contribution in [0.2, 0.25) is 0 Å². The molecule has 0 bridgehead atoms. The molecule has 2 rings (SSSR count). The monoisotopic (exact) mass is 234 g/mol. The minimum Gasteiger partial charge on any atom is -0.497 e. The predicted octanol–water partition coefficient (Wildman–Crippen LogP) is 1.84. The highest BCUT2D eigenvalue weighted by molar-refractivity contribution is 5.33. The van der Waals surface area contributed by atoms with Crippen molar-refractivity contribution in [1.29, 1.82) is 0 Å². The summed E-state index contributed by atoms with van der Waals surface area (Å²) in [5, 5.41) is 3.67. The number of rotatable bonds is 4. The van der Waals surface area contributed by atoms with Gasteiger partial charge in [0.1, 0.15) is 5.75 Å². The molecule has 0 radical (unpaired) electrons. The van der Waals surface area contributed by atoms with Crippen molar-refractivity contribution in [2.45, 2.75) is 18.4 Å². The van der Waals surface area contributed by atoms with Crippen LogP contribution in [0.25, 0.3) is 0 Å². The largest absolute Gasteiger partial charge is 0.497 e. The molecule has 0 amide bonds. The van der Waals surface area contributed by atoms with Gasteiger partial charge in [-0.25, -0.2) is 0 Å². The van der Waals surface area contributed by atoms with Crippen LogP contribution in [0.4, 0.5) is 0 Å². The number of likely N-dealkylation sites (N-methyl/N-ethyl adjacent to an activating group) is 1. The first-order valence-corrected chi connectivity index (χ1v) is 6.21. The van der Waals surface area contributed by atoms with Crippen LogP contribution in [0.5, 0.6) is 5.75 Å². The summed E-state index contributed by atoms with van der Waals surface area (Å²) in [5.41, 5.74) is 1.49. The standard InChI is InChI=1S/C14H22N2O/c1-16(2)11-14(9-4-10-15-14)12-5-7-13(17-3)8-6-12/h5-8,15H,4,9-11H2,1-3H3. The van der Waals surface area contributed by atoms with E-state index in [1.165, 1.54) is 18.4 Å². The van der Waals surface area contributed by atoms with Gasteiger partial charge in [-0.1, -0.05) is 12.1 Å². The van der Waals surface area contributed by atoms with E-state index >= 15 is 0 Å². The Kier molecular flexibility index (Phi) is 3.69. The second-order valence-electron chi connectivity index (χ2n) is 5.08. The van der Waals surface area contributed by atoms with Gasteiger partial charge in [0.2, 0.25) is 0 Å². The van der Waals surface area contributed by atoms with Crippen molar-refractivity contribution in [3.05, 3.63) is 29.8 Å². The van der Waals surface area contributed by atoms with Gasteiger partial charge in [0, 0.05) is 6.54 Å². The van der Waals surface area contributed by atoms with E-state index in [0.717, 1.165) is 18.8 Å². The molecule has 94 valence electrons. The number of hydrogen-bond donors (Lipinski definition) is 1. The fourth-order valence-corrected chi connectivity index (χ4v) is 2.73. The van der Waals surface area contributed by atoms with Gasteiger partial charge in [-0.2, -0.15) is 0 Å². The topological polar surface area (TPSA) is 24.5 Å². The summed E-state index contributed by atoms with van der Waals surface area (Å²) in [6.07, 6.45) is 2.46. The summed E-state index contributed by atoms with van der Waals surface area (Å²) in [7, 11) is 5.97. The van der Waals surface area contributed by atoms with Gasteiger partial charge in [-0.3, -0.25) is 0 Å². The van der Waals surface area contributed by atoms with Crippen LogP contribution >= 0.6 is 0 Å². The number of hydrogen-bond acceptors (Lipinski definition) is 3. The zero-order chi connectivity index (χ0) is 12.3. The van der Waals surface area contributed by atoms with E-state index in [9.17, 15) is 0 Å². The van der Waals surface area contributed by atoms with Crippen LogP contribution in [0, 0.1) is 0 Å². The Bertz CT molecular complexity index is 353. The van der Waals surface area contributed by atoms with Gasteiger partial charge >= 0.3 is 0 Å². The summed E-state index contributed by atoms with van der Waals surface area (Å²) < 4.78 is 5.22. The van der Waals surface area contributed by atoms with Gasteiger partial charge in [0.15, 0.2) is 0 Å². The van der Waals surface area contributed by atoms with E-state index in [-0.39, 0.29) is 5.54 Å². The highest BCUT2D eigenvalue weighted by Gasteiger charge is 2.35. The lowest BCUT2D eigenvalue weighted by Crippen LogP contribution is -2.45. The van der Waals surface area contributed by atoms with Crippen LogP contribution in [0.15, 0.2) is 24.3 Å². The number of benzene rings is 1. The molecule has 0 spiro atoms. The number of nitrogens with zero attached hydrogens (tertiary/aromatic N) is 1. The van der Waals surface area contributed by atoms with Crippen molar-refractivity contribution < 1.29 is 4.74 Å². The zero-order valence-corrected chi connectivity index (χ0v) is 11.0. The predicted molar refractivity (Wildman–Crippen MR) is 70.5 cm³/mol. The Morgan fingerprint density at radius 1 is 1.29 bits per heavy atom. The van der Waals surface area contributed by atoms with Crippen molar-refractivity contribution in [2.24, 2.45) is 0 Å². The average molecular weight is 234 g/mol. The Hall–Kier alpha value is -1.06. The molecule has 3 nitrogen and oxygen atoms in total. The van der Waals surface area contributed by atoms with Crippen LogP contribution in [0.3, 0.4) is 0 Å². The molecule has 1 aliphatic heterocycles. The Morgan fingerprint density at radius 3 is 2.47 bits per heavy atom. The quantitative estimate of drug-likeness (QED) is 0.860. The van der Waals surface area contributed by atoms with Crippen molar-refractivity contribution in [3.8, 4) is 5.75 Å². The van der Waals surface area contributed by atoms with Crippen molar-refractivity contribution in [1.82, 2.24) is 10.2 Å². The fourth-order valence-electron chi connectivity index (χ4n) is 2.73. The number of methoxy groups -OCH3 is 1. The smallest absolute Gasteiger partial charge is 0.118 e. The lowest BCUT2D eigenvalue weighted by atomic mass is 9.88. The van der Waals surface area contributed by atoms with Crippen molar-refractivity contribution in [2.75, 3.05) is 34.3 Å². The molecule has 0 saturated carbocycles. The Morgan fingerprint density at radius 2 is 2.00 bits per heavy atom. The Labute approximate surface area is 104 Å². The first-order chi connectivity index (χ1) is 8.16. The van der Waals surface area contributed by atoms with Gasteiger partial charge in [-0.05, 0) is 51.2 Å². The molecule has 1 aliphatic rings. The molecule has 1 heterocycles. The third-order valence-electron chi connectivity index (χ3n) is 3.47. The maximum absolute atomic E-state index is 5.22. The van der Waals surface area contributed by atoms with E-state index in [0.29, 0.717) is 0 Å². The molecule has 1 aromatic rings. The average Bonchev–Trinajstić information content (AvgIpc) is 2.78. The van der Waals surface area contributed by atoms with E-state index in [2.05, 4.69) is 36.4 Å². The van der Waals surface area contributed by atoms with Crippen LogP contribution in [-0.4, -0.2) is 39.2 Å². The molecule has 1 N–H and O–H groups in total. The van der Waals surface area contributed by atoms with E-state index < -0.39 is 0 Å². The molecule has 1 saturated heterocycles. The highest BCUT2D eigenvalue weighted by Crippen LogP contribution is 2.32. The van der Waals surface area contributed by atoms with Crippen molar-refractivity contribution in [3.63, 3.8) is 0 Å². The molecule has 1 atom stereocenters. The zero-order valence-electron chi connectivity index (χ0n) is 11.0. The maximum atomic E-state index is 5.22. The SMILES string of the molecule is COc1ccc(C2(CN(C)C)CCCN2)cc1. The maximum Gasteiger partial charge on any atom is 0.118 e. The lowest BCUT2D eigenvalue weighted by Gasteiger charge is -2.33. The second-order valence-corrected chi connectivity index (χ2v) is 5.08. The van der Waals surface area contributed by atoms with Crippen LogP contribution < -0.4 is 10.1 Å². The minimum absolute atomic E-state index is 0.121. The molecule has 3 heteroatoms.